The van der Waals surface area contributed by atoms with Crippen LogP contribution in [0.25, 0.3) is 5.69 Å². The predicted molar refractivity (Wildman–Crippen MR) is 112 cm³/mol. The van der Waals surface area contributed by atoms with E-state index >= 15 is 0 Å². The summed E-state index contributed by atoms with van der Waals surface area (Å²) in [6.45, 7) is 7.84. The van der Waals surface area contributed by atoms with Gasteiger partial charge in [0.1, 0.15) is 5.69 Å². The summed E-state index contributed by atoms with van der Waals surface area (Å²) in [5, 5.41) is 8.12. The Morgan fingerprint density at radius 1 is 1.10 bits per heavy atom. The molecule has 0 aliphatic heterocycles. The van der Waals surface area contributed by atoms with Gasteiger partial charge in [0.25, 0.3) is 10.0 Å². The van der Waals surface area contributed by atoms with E-state index in [0.29, 0.717) is 22.7 Å². The zero-order valence-corrected chi connectivity index (χ0v) is 18.0. The lowest BCUT2D eigenvalue weighted by molar-refractivity contribution is 0.111. The molecule has 3 rings (SSSR count). The Morgan fingerprint density at radius 2 is 1.76 bits per heavy atom. The quantitative estimate of drug-likeness (QED) is 0.611. The zero-order chi connectivity index (χ0) is 21.4. The van der Waals surface area contributed by atoms with E-state index in [1.807, 2.05) is 0 Å². The van der Waals surface area contributed by atoms with Crippen LogP contribution in [0.15, 0.2) is 47.4 Å². The number of hydrogen-bond acceptors (Lipinski definition) is 5. The van der Waals surface area contributed by atoms with E-state index in [2.05, 4.69) is 35.8 Å². The van der Waals surface area contributed by atoms with Crippen LogP contribution in [-0.2, 0) is 15.4 Å². The summed E-state index contributed by atoms with van der Waals surface area (Å²) >= 11 is 6.10. The number of sulfonamides is 1. The molecule has 0 saturated heterocycles. The maximum Gasteiger partial charge on any atom is 0.261 e. The molecule has 0 saturated carbocycles. The molecule has 1 N–H and O–H groups in total. The molecule has 0 radical (unpaired) electrons. The lowest BCUT2D eigenvalue weighted by Gasteiger charge is -2.19. The van der Waals surface area contributed by atoms with Crippen LogP contribution in [0, 0.1) is 6.92 Å². The van der Waals surface area contributed by atoms with Gasteiger partial charge in [0.2, 0.25) is 0 Å². The largest absolute Gasteiger partial charge is 0.296 e. The highest BCUT2D eigenvalue weighted by molar-refractivity contribution is 7.92. The third-order valence-electron chi connectivity index (χ3n) is 4.50. The van der Waals surface area contributed by atoms with Crippen molar-refractivity contribution >= 4 is 33.6 Å². The van der Waals surface area contributed by atoms with Gasteiger partial charge in [0.15, 0.2) is 6.29 Å². The maximum absolute atomic E-state index is 12.9. The maximum atomic E-state index is 12.9. The van der Waals surface area contributed by atoms with E-state index in [1.165, 1.54) is 4.68 Å². The highest BCUT2D eigenvalue weighted by atomic mass is 35.5. The summed E-state index contributed by atoms with van der Waals surface area (Å²) in [6, 6.07) is 11.4. The van der Waals surface area contributed by atoms with Crippen molar-refractivity contribution in [1.82, 2.24) is 15.0 Å². The number of anilines is 1. The normalized spacial score (nSPS) is 12.0. The number of nitrogens with one attached hydrogen (secondary N) is 1. The molecule has 0 aliphatic rings. The number of halogens is 1. The van der Waals surface area contributed by atoms with Gasteiger partial charge in [-0.25, -0.2) is 13.1 Å². The zero-order valence-electron chi connectivity index (χ0n) is 16.5. The second-order valence-electron chi connectivity index (χ2n) is 7.63. The lowest BCUT2D eigenvalue weighted by atomic mass is 9.87. The molecule has 0 bridgehead atoms. The number of benzene rings is 2. The smallest absolute Gasteiger partial charge is 0.261 e. The van der Waals surface area contributed by atoms with Gasteiger partial charge in [0.05, 0.1) is 22.0 Å². The van der Waals surface area contributed by atoms with Crippen molar-refractivity contribution in [3.05, 3.63) is 64.4 Å². The molecule has 0 spiro atoms. The molecule has 1 aromatic heterocycles. The molecule has 3 aromatic rings. The molecule has 2 aromatic carbocycles. The molecule has 9 heteroatoms. The molecule has 0 atom stereocenters. The molecule has 0 amide bonds. The average Bonchev–Trinajstić information content (AvgIpc) is 3.03. The van der Waals surface area contributed by atoms with Crippen LogP contribution in [0.5, 0.6) is 0 Å². The van der Waals surface area contributed by atoms with Gasteiger partial charge in [-0.15, -0.1) is 5.10 Å². The Morgan fingerprint density at radius 3 is 2.31 bits per heavy atom. The fourth-order valence-electron chi connectivity index (χ4n) is 2.78. The number of rotatable bonds is 5. The first-order valence-corrected chi connectivity index (χ1v) is 10.7. The van der Waals surface area contributed by atoms with Gasteiger partial charge < -0.3 is 0 Å². The molecule has 0 aliphatic carbocycles. The molecule has 152 valence electrons. The van der Waals surface area contributed by atoms with Gasteiger partial charge >= 0.3 is 0 Å². The minimum Gasteiger partial charge on any atom is -0.296 e. The topological polar surface area (TPSA) is 93.9 Å². The molecule has 0 fully saturated rings. The van der Waals surface area contributed by atoms with Gasteiger partial charge in [-0.2, -0.15) is 0 Å². The number of carbonyl (C=O) groups excluding carboxylic acids is 1. The lowest BCUT2D eigenvalue weighted by Crippen LogP contribution is -2.16. The summed E-state index contributed by atoms with van der Waals surface area (Å²) in [5.74, 6) is 0. The SMILES string of the molecule is Cc1c(C=O)nnn1-c1cc(Cl)ccc1NS(=O)(=O)c1ccc(C(C)(C)C)cc1. The highest BCUT2D eigenvalue weighted by Crippen LogP contribution is 2.29. The van der Waals surface area contributed by atoms with E-state index in [9.17, 15) is 13.2 Å². The molecule has 1 heterocycles. The Hall–Kier alpha value is -2.71. The van der Waals surface area contributed by atoms with Crippen LogP contribution in [0.2, 0.25) is 5.02 Å². The van der Waals surface area contributed by atoms with E-state index < -0.39 is 10.0 Å². The second-order valence-corrected chi connectivity index (χ2v) is 9.75. The van der Waals surface area contributed by atoms with Crippen LogP contribution < -0.4 is 4.72 Å². The minimum atomic E-state index is -3.85. The number of aldehydes is 1. The fraction of sp³-hybridized carbons (Fsp3) is 0.250. The van der Waals surface area contributed by atoms with Gasteiger partial charge in [-0.1, -0.05) is 49.7 Å². The number of nitrogens with zero attached hydrogens (tertiary/aromatic N) is 3. The van der Waals surface area contributed by atoms with Crippen LogP contribution in [-0.4, -0.2) is 29.7 Å². The first kappa shape index (κ1) is 21.0. The van der Waals surface area contributed by atoms with E-state index in [1.54, 1.807) is 49.4 Å². The van der Waals surface area contributed by atoms with E-state index in [-0.39, 0.29) is 21.7 Å². The Bertz CT molecular complexity index is 1160. The van der Waals surface area contributed by atoms with Crippen molar-refractivity contribution in [2.24, 2.45) is 0 Å². The Kier molecular flexibility index (Phi) is 5.51. The first-order valence-electron chi connectivity index (χ1n) is 8.84. The fourth-order valence-corrected chi connectivity index (χ4v) is 4.02. The summed E-state index contributed by atoms with van der Waals surface area (Å²) in [5.41, 5.74) is 2.21. The summed E-state index contributed by atoms with van der Waals surface area (Å²) < 4.78 is 29.8. The van der Waals surface area contributed by atoms with Crippen LogP contribution in [0.3, 0.4) is 0 Å². The Balaban J connectivity index is 2.01. The molecular formula is C20H21ClN4O3S. The van der Waals surface area contributed by atoms with E-state index in [4.69, 9.17) is 11.6 Å². The van der Waals surface area contributed by atoms with E-state index in [0.717, 1.165) is 5.56 Å². The number of carbonyl (C=O) groups is 1. The first-order chi connectivity index (χ1) is 13.5. The predicted octanol–water partition coefficient (Wildman–Crippen LogP) is 4.14. The van der Waals surface area contributed by atoms with Crippen LogP contribution in [0.4, 0.5) is 5.69 Å². The van der Waals surface area contributed by atoms with Crippen LogP contribution in [0.1, 0.15) is 42.5 Å². The second kappa shape index (κ2) is 7.61. The minimum absolute atomic E-state index is 0.0834. The third kappa shape index (κ3) is 4.33. The number of aromatic nitrogens is 3. The van der Waals surface area contributed by atoms with Gasteiger partial charge in [-0.05, 0) is 48.2 Å². The van der Waals surface area contributed by atoms with Gasteiger partial charge in [0, 0.05) is 5.02 Å². The third-order valence-corrected chi connectivity index (χ3v) is 6.12. The summed E-state index contributed by atoms with van der Waals surface area (Å²) in [4.78, 5) is 11.2. The van der Waals surface area contributed by atoms with Crippen molar-refractivity contribution in [2.45, 2.75) is 38.0 Å². The van der Waals surface area contributed by atoms with Crippen LogP contribution >= 0.6 is 11.6 Å². The molecule has 29 heavy (non-hydrogen) atoms. The van der Waals surface area contributed by atoms with Crippen molar-refractivity contribution in [1.29, 1.82) is 0 Å². The number of hydrogen-bond donors (Lipinski definition) is 1. The van der Waals surface area contributed by atoms with Crippen molar-refractivity contribution in [3.63, 3.8) is 0 Å². The van der Waals surface area contributed by atoms with Crippen molar-refractivity contribution < 1.29 is 13.2 Å². The monoisotopic (exact) mass is 432 g/mol. The molecular weight excluding hydrogens is 412 g/mol. The molecule has 0 unspecified atom stereocenters. The van der Waals surface area contributed by atoms with Gasteiger partial charge in [-0.3, -0.25) is 9.52 Å². The van der Waals surface area contributed by atoms with Crippen molar-refractivity contribution in [3.8, 4) is 5.69 Å². The van der Waals surface area contributed by atoms with Crippen molar-refractivity contribution in [2.75, 3.05) is 4.72 Å². The summed E-state index contributed by atoms with van der Waals surface area (Å²) in [7, 11) is -3.85. The molecule has 7 nitrogen and oxygen atoms in total. The average molecular weight is 433 g/mol. The standard InChI is InChI=1S/C20H21ClN4O3S/c1-13-18(12-26)22-24-25(13)19-11-15(21)7-10-17(19)23-29(27,28)16-8-5-14(6-9-16)20(2,3)4/h5-12,23H,1-4H3. The summed E-state index contributed by atoms with van der Waals surface area (Å²) in [6.07, 6.45) is 0.587. The Labute approximate surface area is 174 Å². The highest BCUT2D eigenvalue weighted by Gasteiger charge is 2.21.